The maximum Gasteiger partial charge on any atom is 0.416 e. The molecule has 0 aliphatic heterocycles. The monoisotopic (exact) mass is 446 g/mol. The Morgan fingerprint density at radius 3 is 2.31 bits per heavy atom. The van der Waals surface area contributed by atoms with Crippen LogP contribution in [0, 0.1) is 0 Å². The van der Waals surface area contributed by atoms with E-state index in [1.54, 1.807) is 24.3 Å². The fourth-order valence-electron chi connectivity index (χ4n) is 2.31. The van der Waals surface area contributed by atoms with Crippen LogP contribution < -0.4 is 10.0 Å². The number of amides is 1. The van der Waals surface area contributed by atoms with Crippen LogP contribution in [-0.2, 0) is 33.3 Å². The van der Waals surface area contributed by atoms with Crippen molar-refractivity contribution in [2.24, 2.45) is 0 Å². The van der Waals surface area contributed by atoms with Crippen LogP contribution in [0.15, 0.2) is 48.5 Å². The number of carbonyl (C=O) groups is 1. The minimum Gasteiger partial charge on any atom is -0.348 e. The molecule has 0 saturated carbocycles. The Morgan fingerprint density at radius 1 is 1.10 bits per heavy atom. The number of sulfonamides is 1. The molecule has 29 heavy (non-hydrogen) atoms. The standard InChI is InChI=1S/C19H18ClF3N2O3S/c1-24-29(27,28)12-14-4-2-13(3-5-14)11-25-18(26)9-6-15-10-16(19(21,22)23)7-8-17(15)20/h2-10,24H,11-12H2,1H3,(H,25,26)/b9-6+. The summed E-state index contributed by atoms with van der Waals surface area (Å²) in [4.78, 5) is 11.9. The molecule has 0 spiro atoms. The summed E-state index contributed by atoms with van der Waals surface area (Å²) in [7, 11) is -2.04. The first-order chi connectivity index (χ1) is 13.5. The molecule has 156 valence electrons. The molecule has 2 N–H and O–H groups in total. The number of hydrogen-bond acceptors (Lipinski definition) is 3. The van der Waals surface area contributed by atoms with Crippen LogP contribution in [0.2, 0.25) is 5.02 Å². The molecule has 2 aromatic rings. The minimum absolute atomic E-state index is 0.0757. The van der Waals surface area contributed by atoms with Crippen molar-refractivity contribution in [2.45, 2.75) is 18.5 Å². The average Bonchev–Trinajstić information content (AvgIpc) is 2.65. The summed E-state index contributed by atoms with van der Waals surface area (Å²) in [6.07, 6.45) is -2.21. The van der Waals surface area contributed by atoms with Gasteiger partial charge >= 0.3 is 6.18 Å². The molecular formula is C19H18ClF3N2O3S. The second kappa shape index (κ2) is 9.43. The van der Waals surface area contributed by atoms with Crippen molar-refractivity contribution >= 4 is 33.6 Å². The molecule has 0 aliphatic carbocycles. The molecule has 10 heteroatoms. The highest BCUT2D eigenvalue weighted by Crippen LogP contribution is 2.32. The molecule has 0 aliphatic rings. The second-order valence-electron chi connectivity index (χ2n) is 6.06. The van der Waals surface area contributed by atoms with E-state index in [-0.39, 0.29) is 22.9 Å². The molecule has 0 aromatic heterocycles. The van der Waals surface area contributed by atoms with E-state index in [1.807, 2.05) is 0 Å². The van der Waals surface area contributed by atoms with Gasteiger partial charge in [0.25, 0.3) is 0 Å². The molecule has 0 atom stereocenters. The van der Waals surface area contributed by atoms with Crippen LogP contribution in [0.1, 0.15) is 22.3 Å². The summed E-state index contributed by atoms with van der Waals surface area (Å²) in [5.74, 6) is -0.670. The Bertz CT molecular complexity index is 1000. The third-order valence-corrected chi connectivity index (χ3v) is 5.57. The van der Waals surface area contributed by atoms with Crippen LogP contribution in [-0.4, -0.2) is 21.4 Å². The van der Waals surface area contributed by atoms with Crippen LogP contribution >= 0.6 is 11.6 Å². The van der Waals surface area contributed by atoms with Crippen molar-refractivity contribution in [1.29, 1.82) is 0 Å². The summed E-state index contributed by atoms with van der Waals surface area (Å²) < 4.78 is 63.5. The lowest BCUT2D eigenvalue weighted by Crippen LogP contribution is -2.21. The topological polar surface area (TPSA) is 75.3 Å². The third kappa shape index (κ3) is 7.19. The number of rotatable bonds is 7. The molecule has 0 heterocycles. The van der Waals surface area contributed by atoms with Gasteiger partial charge in [-0.25, -0.2) is 13.1 Å². The first-order valence-corrected chi connectivity index (χ1v) is 10.3. The van der Waals surface area contributed by atoms with E-state index in [1.165, 1.54) is 13.1 Å². The SMILES string of the molecule is CNS(=O)(=O)Cc1ccc(CNC(=O)/C=C/c2cc(C(F)(F)F)ccc2Cl)cc1. The van der Waals surface area contributed by atoms with Gasteiger partial charge in [-0.15, -0.1) is 0 Å². The van der Waals surface area contributed by atoms with E-state index < -0.39 is 27.7 Å². The highest BCUT2D eigenvalue weighted by atomic mass is 35.5. The van der Waals surface area contributed by atoms with Gasteiger partial charge in [-0.1, -0.05) is 35.9 Å². The van der Waals surface area contributed by atoms with Crippen molar-refractivity contribution in [3.8, 4) is 0 Å². The largest absolute Gasteiger partial charge is 0.416 e. The molecule has 5 nitrogen and oxygen atoms in total. The predicted octanol–water partition coefficient (Wildman–Crippen LogP) is 3.74. The summed E-state index contributed by atoms with van der Waals surface area (Å²) in [5, 5.41) is 2.68. The van der Waals surface area contributed by atoms with Crippen LogP contribution in [0.5, 0.6) is 0 Å². The van der Waals surface area contributed by atoms with Gasteiger partial charge in [0.1, 0.15) is 0 Å². The first-order valence-electron chi connectivity index (χ1n) is 8.32. The molecule has 0 unspecified atom stereocenters. The number of halogens is 4. The fourth-order valence-corrected chi connectivity index (χ4v) is 3.26. The maximum absolute atomic E-state index is 12.8. The summed E-state index contributed by atoms with van der Waals surface area (Å²) in [6.45, 7) is 0.165. The molecule has 2 rings (SSSR count). The van der Waals surface area contributed by atoms with Gasteiger partial charge in [-0.2, -0.15) is 13.2 Å². The van der Waals surface area contributed by atoms with E-state index in [0.717, 1.165) is 29.8 Å². The predicted molar refractivity (Wildman–Crippen MR) is 105 cm³/mol. The molecular weight excluding hydrogens is 429 g/mol. The van der Waals surface area contributed by atoms with E-state index in [9.17, 15) is 26.4 Å². The lowest BCUT2D eigenvalue weighted by molar-refractivity contribution is -0.137. The highest BCUT2D eigenvalue weighted by molar-refractivity contribution is 7.88. The maximum atomic E-state index is 12.8. The Labute approximate surface area is 171 Å². The van der Waals surface area contributed by atoms with Gasteiger partial charge in [0.05, 0.1) is 11.3 Å². The lowest BCUT2D eigenvalue weighted by Gasteiger charge is -2.08. The summed E-state index contributed by atoms with van der Waals surface area (Å²) in [6, 6.07) is 9.47. The van der Waals surface area contributed by atoms with Crippen LogP contribution in [0.25, 0.3) is 6.08 Å². The quantitative estimate of drug-likeness (QED) is 0.636. The zero-order valence-corrected chi connectivity index (χ0v) is 16.8. The average molecular weight is 447 g/mol. The molecule has 0 fully saturated rings. The van der Waals surface area contributed by atoms with Gasteiger partial charge < -0.3 is 5.32 Å². The fraction of sp³-hybridized carbons (Fsp3) is 0.211. The third-order valence-electron chi connectivity index (χ3n) is 3.89. The Hall–Kier alpha value is -2.36. The van der Waals surface area contributed by atoms with Crippen molar-refractivity contribution < 1.29 is 26.4 Å². The lowest BCUT2D eigenvalue weighted by atomic mass is 10.1. The number of hydrogen-bond donors (Lipinski definition) is 2. The smallest absolute Gasteiger partial charge is 0.348 e. The highest BCUT2D eigenvalue weighted by Gasteiger charge is 2.30. The van der Waals surface area contributed by atoms with Crippen molar-refractivity contribution in [3.63, 3.8) is 0 Å². The Morgan fingerprint density at radius 2 is 1.72 bits per heavy atom. The van der Waals surface area contributed by atoms with E-state index in [4.69, 9.17) is 11.6 Å². The number of alkyl halides is 3. The molecule has 0 bridgehead atoms. The van der Waals surface area contributed by atoms with Crippen molar-refractivity contribution in [1.82, 2.24) is 10.0 Å². The van der Waals surface area contributed by atoms with Crippen molar-refractivity contribution in [2.75, 3.05) is 7.05 Å². The summed E-state index contributed by atoms with van der Waals surface area (Å²) >= 11 is 5.88. The zero-order valence-electron chi connectivity index (χ0n) is 15.3. The Kier molecular flexibility index (Phi) is 7.45. The van der Waals surface area contributed by atoms with Gasteiger partial charge in [0.2, 0.25) is 15.9 Å². The van der Waals surface area contributed by atoms with Gasteiger partial charge in [-0.3, -0.25) is 4.79 Å². The van der Waals surface area contributed by atoms with Crippen LogP contribution in [0.3, 0.4) is 0 Å². The molecule has 1 amide bonds. The second-order valence-corrected chi connectivity index (χ2v) is 8.40. The number of carbonyl (C=O) groups excluding carboxylic acids is 1. The number of nitrogens with one attached hydrogen (secondary N) is 2. The molecule has 0 saturated heterocycles. The van der Waals surface area contributed by atoms with Gasteiger partial charge in [0, 0.05) is 17.6 Å². The van der Waals surface area contributed by atoms with Gasteiger partial charge in [-0.05, 0) is 48.0 Å². The zero-order chi connectivity index (χ0) is 21.7. The first kappa shape index (κ1) is 22.9. The Balaban J connectivity index is 1.96. The van der Waals surface area contributed by atoms with Gasteiger partial charge in [0.15, 0.2) is 0 Å². The van der Waals surface area contributed by atoms with E-state index in [2.05, 4.69) is 10.0 Å². The van der Waals surface area contributed by atoms with E-state index >= 15 is 0 Å². The minimum atomic E-state index is -4.51. The normalized spacial score (nSPS) is 12.3. The number of benzene rings is 2. The van der Waals surface area contributed by atoms with Crippen LogP contribution in [0.4, 0.5) is 13.2 Å². The summed E-state index contributed by atoms with van der Waals surface area (Å²) in [5.41, 5.74) is 0.539. The molecule has 2 aromatic carbocycles. The molecule has 0 radical (unpaired) electrons. The van der Waals surface area contributed by atoms with E-state index in [0.29, 0.717) is 5.56 Å². The van der Waals surface area contributed by atoms with Crippen molar-refractivity contribution in [3.05, 3.63) is 75.8 Å².